The zero-order chi connectivity index (χ0) is 13.1. The van der Waals surface area contributed by atoms with E-state index in [0.29, 0.717) is 13.1 Å². The lowest BCUT2D eigenvalue weighted by Gasteiger charge is -2.33. The molecule has 0 bridgehead atoms. The second kappa shape index (κ2) is 5.01. The van der Waals surface area contributed by atoms with Crippen LogP contribution in [0.5, 0.6) is 0 Å². The zero-order valence-corrected chi connectivity index (χ0v) is 9.46. The van der Waals surface area contributed by atoms with Crippen LogP contribution >= 0.6 is 0 Å². The van der Waals surface area contributed by atoms with Crippen LogP contribution < -0.4 is 10.9 Å². The van der Waals surface area contributed by atoms with Crippen LogP contribution in [0.25, 0.3) is 0 Å². The maximum absolute atomic E-state index is 12.1. The van der Waals surface area contributed by atoms with E-state index in [1.807, 2.05) is 0 Å². The number of hydrogen-bond acceptors (Lipinski definition) is 5. The van der Waals surface area contributed by atoms with Gasteiger partial charge in [-0.3, -0.25) is 4.79 Å². The van der Waals surface area contributed by atoms with E-state index >= 15 is 0 Å². The molecule has 1 saturated heterocycles. The number of piperazine rings is 1. The normalized spacial score (nSPS) is 19.6. The Bertz CT molecular complexity index is 504. The average Bonchev–Trinajstić information content (AvgIpc) is 2.39. The number of carboxylic acids is 1. The van der Waals surface area contributed by atoms with Gasteiger partial charge in [0.1, 0.15) is 12.3 Å². The Kier molecular flexibility index (Phi) is 3.42. The van der Waals surface area contributed by atoms with E-state index < -0.39 is 23.5 Å². The summed E-state index contributed by atoms with van der Waals surface area (Å²) in [5, 5.41) is 12.0. The van der Waals surface area contributed by atoms with Crippen LogP contribution in [-0.4, -0.2) is 47.6 Å². The van der Waals surface area contributed by atoms with E-state index in [2.05, 4.69) is 9.73 Å². The SMILES string of the molecule is O=C(O)C1CNCCN1C(=O)c1ccc(=O)oc1. The number of nitrogens with one attached hydrogen (secondary N) is 1. The van der Waals surface area contributed by atoms with Crippen LogP contribution in [0, 0.1) is 0 Å². The van der Waals surface area contributed by atoms with Crippen molar-refractivity contribution in [3.8, 4) is 0 Å². The molecule has 7 heteroatoms. The van der Waals surface area contributed by atoms with Crippen LogP contribution in [0.3, 0.4) is 0 Å². The van der Waals surface area contributed by atoms with Crippen molar-refractivity contribution in [1.82, 2.24) is 10.2 Å². The smallest absolute Gasteiger partial charge is 0.335 e. The van der Waals surface area contributed by atoms with Gasteiger partial charge >= 0.3 is 11.6 Å². The predicted molar refractivity (Wildman–Crippen MR) is 60.3 cm³/mol. The molecule has 2 rings (SSSR count). The van der Waals surface area contributed by atoms with E-state index in [4.69, 9.17) is 5.11 Å². The van der Waals surface area contributed by atoms with E-state index in [1.165, 1.54) is 11.0 Å². The summed E-state index contributed by atoms with van der Waals surface area (Å²) < 4.78 is 4.60. The van der Waals surface area contributed by atoms with Crippen molar-refractivity contribution < 1.29 is 19.1 Å². The molecule has 1 amide bonds. The highest BCUT2D eigenvalue weighted by molar-refractivity contribution is 5.96. The van der Waals surface area contributed by atoms with Crippen molar-refractivity contribution in [2.45, 2.75) is 6.04 Å². The fourth-order valence-electron chi connectivity index (χ4n) is 1.81. The number of hydrogen-bond donors (Lipinski definition) is 2. The van der Waals surface area contributed by atoms with Crippen LogP contribution in [0.15, 0.2) is 27.6 Å². The minimum absolute atomic E-state index is 0.169. The van der Waals surface area contributed by atoms with Gasteiger partial charge in [0.05, 0.1) is 5.56 Å². The van der Waals surface area contributed by atoms with Gasteiger partial charge in [-0.05, 0) is 6.07 Å². The summed E-state index contributed by atoms with van der Waals surface area (Å²) in [6, 6.07) is 1.55. The van der Waals surface area contributed by atoms with Crippen molar-refractivity contribution in [3.63, 3.8) is 0 Å². The number of carbonyl (C=O) groups excluding carboxylic acids is 1. The predicted octanol–water partition coefficient (Wildman–Crippen LogP) is -0.862. The summed E-state index contributed by atoms with van der Waals surface area (Å²) in [5.74, 6) is -1.51. The lowest BCUT2D eigenvalue weighted by molar-refractivity contribution is -0.142. The maximum Gasteiger partial charge on any atom is 0.335 e. The Morgan fingerprint density at radius 2 is 2.22 bits per heavy atom. The molecule has 0 aliphatic carbocycles. The van der Waals surface area contributed by atoms with E-state index in [1.54, 1.807) is 0 Å². The Balaban J connectivity index is 2.23. The molecule has 7 nitrogen and oxygen atoms in total. The molecule has 1 aromatic heterocycles. The largest absolute Gasteiger partial charge is 0.480 e. The fourth-order valence-corrected chi connectivity index (χ4v) is 1.81. The number of aliphatic carboxylic acids is 1. The quantitative estimate of drug-likeness (QED) is 0.710. The molecule has 0 radical (unpaired) electrons. The molecule has 96 valence electrons. The maximum atomic E-state index is 12.1. The first kappa shape index (κ1) is 12.3. The summed E-state index contributed by atoms with van der Waals surface area (Å²) in [4.78, 5) is 35.2. The van der Waals surface area contributed by atoms with Gasteiger partial charge in [0.15, 0.2) is 0 Å². The van der Waals surface area contributed by atoms with Crippen molar-refractivity contribution in [2.24, 2.45) is 0 Å². The van der Waals surface area contributed by atoms with Gasteiger partial charge < -0.3 is 19.7 Å². The minimum Gasteiger partial charge on any atom is -0.480 e. The second-order valence-corrected chi connectivity index (χ2v) is 3.90. The number of carboxylic acid groups (broad SMARTS) is 1. The Hall–Kier alpha value is -2.15. The standard InChI is InChI=1S/C11H12N2O5/c14-9-2-1-7(6-18-9)10(15)13-4-3-12-5-8(13)11(16)17/h1-2,6,8,12H,3-5H2,(H,16,17). The first-order chi connectivity index (χ1) is 8.59. The van der Waals surface area contributed by atoms with Gasteiger partial charge in [0.2, 0.25) is 0 Å². The highest BCUT2D eigenvalue weighted by Gasteiger charge is 2.32. The lowest BCUT2D eigenvalue weighted by Crippen LogP contribution is -2.57. The van der Waals surface area contributed by atoms with Gasteiger partial charge in [0, 0.05) is 25.7 Å². The van der Waals surface area contributed by atoms with Crippen LogP contribution in [0.4, 0.5) is 0 Å². The Morgan fingerprint density at radius 3 is 2.83 bits per heavy atom. The van der Waals surface area contributed by atoms with Crippen LogP contribution in [0.2, 0.25) is 0 Å². The van der Waals surface area contributed by atoms with Crippen LogP contribution in [0.1, 0.15) is 10.4 Å². The summed E-state index contributed by atoms with van der Waals surface area (Å²) in [7, 11) is 0. The summed E-state index contributed by atoms with van der Waals surface area (Å²) in [6.45, 7) is 1.04. The third-order valence-corrected chi connectivity index (χ3v) is 2.74. The van der Waals surface area contributed by atoms with Gasteiger partial charge in [-0.25, -0.2) is 9.59 Å². The van der Waals surface area contributed by atoms with E-state index in [0.717, 1.165) is 12.3 Å². The van der Waals surface area contributed by atoms with Crippen molar-refractivity contribution in [2.75, 3.05) is 19.6 Å². The van der Waals surface area contributed by atoms with Gasteiger partial charge in [0.25, 0.3) is 5.91 Å². The minimum atomic E-state index is -1.06. The topological polar surface area (TPSA) is 99.9 Å². The Labute approximate surface area is 102 Å². The van der Waals surface area contributed by atoms with Crippen molar-refractivity contribution in [3.05, 3.63) is 34.4 Å². The van der Waals surface area contributed by atoms with Crippen LogP contribution in [-0.2, 0) is 4.79 Å². The molecule has 1 atom stereocenters. The molecular formula is C11H12N2O5. The van der Waals surface area contributed by atoms with E-state index in [-0.39, 0.29) is 12.1 Å². The Morgan fingerprint density at radius 1 is 1.44 bits per heavy atom. The molecule has 1 aliphatic heterocycles. The zero-order valence-electron chi connectivity index (χ0n) is 9.46. The number of carbonyl (C=O) groups is 2. The molecule has 2 heterocycles. The molecule has 1 aromatic rings. The highest BCUT2D eigenvalue weighted by atomic mass is 16.4. The summed E-state index contributed by atoms with van der Waals surface area (Å²) in [5.41, 5.74) is -0.385. The van der Waals surface area contributed by atoms with Gasteiger partial charge in [-0.15, -0.1) is 0 Å². The summed E-state index contributed by atoms with van der Waals surface area (Å²) >= 11 is 0. The molecule has 1 unspecified atom stereocenters. The molecule has 18 heavy (non-hydrogen) atoms. The van der Waals surface area contributed by atoms with Crippen molar-refractivity contribution >= 4 is 11.9 Å². The number of nitrogens with zero attached hydrogens (tertiary/aromatic N) is 1. The monoisotopic (exact) mass is 252 g/mol. The molecule has 1 fully saturated rings. The lowest BCUT2D eigenvalue weighted by atomic mass is 10.1. The number of rotatable bonds is 2. The average molecular weight is 252 g/mol. The molecule has 0 spiro atoms. The van der Waals surface area contributed by atoms with Gasteiger partial charge in [-0.1, -0.05) is 0 Å². The van der Waals surface area contributed by atoms with Crippen molar-refractivity contribution in [1.29, 1.82) is 0 Å². The third-order valence-electron chi connectivity index (χ3n) is 2.74. The third kappa shape index (κ3) is 2.40. The first-order valence-electron chi connectivity index (χ1n) is 5.43. The van der Waals surface area contributed by atoms with Gasteiger partial charge in [-0.2, -0.15) is 0 Å². The molecular weight excluding hydrogens is 240 g/mol. The molecule has 0 saturated carbocycles. The summed E-state index contributed by atoms with van der Waals surface area (Å²) in [6.07, 6.45) is 1.05. The highest BCUT2D eigenvalue weighted by Crippen LogP contribution is 2.10. The fraction of sp³-hybridized carbons (Fsp3) is 0.364. The molecule has 1 aliphatic rings. The molecule has 2 N–H and O–H groups in total. The van der Waals surface area contributed by atoms with E-state index in [9.17, 15) is 14.4 Å². The first-order valence-corrected chi connectivity index (χ1v) is 5.43. The molecule has 0 aromatic carbocycles. The second-order valence-electron chi connectivity index (χ2n) is 3.90. The number of amides is 1.